The van der Waals surface area contributed by atoms with Gasteiger partial charge >= 0.3 is 0 Å². The summed E-state index contributed by atoms with van der Waals surface area (Å²) in [5, 5.41) is 0. The van der Waals surface area contributed by atoms with E-state index in [4.69, 9.17) is 0 Å². The van der Waals surface area contributed by atoms with Crippen LogP contribution in [0.3, 0.4) is 0 Å². The van der Waals surface area contributed by atoms with Crippen LogP contribution in [0.25, 0.3) is 0 Å². The summed E-state index contributed by atoms with van der Waals surface area (Å²) < 4.78 is 0. The summed E-state index contributed by atoms with van der Waals surface area (Å²) in [6, 6.07) is 10.9. The quantitative estimate of drug-likeness (QED) is 0.787. The highest BCUT2D eigenvalue weighted by atomic mass is 15.2. The Hall–Kier alpha value is -0.860. The van der Waals surface area contributed by atoms with E-state index in [2.05, 4.69) is 54.1 Å². The number of hydrogen-bond acceptors (Lipinski definition) is 2. The molecule has 2 heteroatoms. The van der Waals surface area contributed by atoms with Crippen LogP contribution in [0.4, 0.5) is 0 Å². The molecule has 0 spiro atoms. The van der Waals surface area contributed by atoms with E-state index in [1.165, 1.54) is 51.1 Å². The van der Waals surface area contributed by atoms with Crippen molar-refractivity contribution in [3.05, 3.63) is 35.9 Å². The Morgan fingerprint density at radius 3 is 2.33 bits per heavy atom. The highest BCUT2D eigenvalue weighted by molar-refractivity contribution is 5.15. The third kappa shape index (κ3) is 4.11. The summed E-state index contributed by atoms with van der Waals surface area (Å²) in [6.07, 6.45) is 2.50. The van der Waals surface area contributed by atoms with Gasteiger partial charge in [0.05, 0.1) is 0 Å². The number of benzene rings is 1. The third-order valence-corrected chi connectivity index (χ3v) is 4.06. The van der Waals surface area contributed by atoms with Crippen molar-refractivity contribution in [1.82, 2.24) is 9.80 Å². The van der Waals surface area contributed by atoms with Gasteiger partial charge in [-0.05, 0) is 24.9 Å². The Kier molecular flexibility index (Phi) is 5.21. The fourth-order valence-corrected chi connectivity index (χ4v) is 2.68. The maximum atomic E-state index is 2.64. The molecule has 1 aromatic rings. The summed E-state index contributed by atoms with van der Waals surface area (Å²) in [5.41, 5.74) is 1.48. The SMILES string of the molecule is CCC(Cc1ccccc1)CN1CCN(C)CC1. The zero-order valence-corrected chi connectivity index (χ0v) is 11.8. The van der Waals surface area contributed by atoms with Gasteiger partial charge in [0, 0.05) is 32.7 Å². The molecule has 1 saturated heterocycles. The van der Waals surface area contributed by atoms with Crippen LogP contribution in [0.2, 0.25) is 0 Å². The summed E-state index contributed by atoms with van der Waals surface area (Å²) >= 11 is 0. The molecule has 0 aromatic heterocycles. The second kappa shape index (κ2) is 6.91. The van der Waals surface area contributed by atoms with E-state index in [-0.39, 0.29) is 0 Å². The molecule has 1 aromatic carbocycles. The first-order valence-electron chi connectivity index (χ1n) is 7.22. The molecule has 2 nitrogen and oxygen atoms in total. The highest BCUT2D eigenvalue weighted by Gasteiger charge is 2.17. The van der Waals surface area contributed by atoms with Gasteiger partial charge in [-0.15, -0.1) is 0 Å². The largest absolute Gasteiger partial charge is 0.304 e. The number of rotatable bonds is 5. The van der Waals surface area contributed by atoms with Crippen molar-refractivity contribution in [2.24, 2.45) is 5.92 Å². The van der Waals surface area contributed by atoms with Crippen molar-refractivity contribution in [3.63, 3.8) is 0 Å². The van der Waals surface area contributed by atoms with E-state index in [1.54, 1.807) is 0 Å². The molecule has 1 aliphatic rings. The van der Waals surface area contributed by atoms with Gasteiger partial charge in [-0.1, -0.05) is 43.7 Å². The average molecular weight is 246 g/mol. The molecule has 0 saturated carbocycles. The van der Waals surface area contributed by atoms with Crippen molar-refractivity contribution in [2.45, 2.75) is 19.8 Å². The molecule has 2 rings (SSSR count). The summed E-state index contributed by atoms with van der Waals surface area (Å²) in [6.45, 7) is 8.51. The molecular formula is C16H26N2. The third-order valence-electron chi connectivity index (χ3n) is 4.06. The molecule has 1 heterocycles. The van der Waals surface area contributed by atoms with E-state index < -0.39 is 0 Å². The van der Waals surface area contributed by atoms with Crippen molar-refractivity contribution >= 4 is 0 Å². The van der Waals surface area contributed by atoms with E-state index in [0.717, 1.165) is 5.92 Å². The normalized spacial score (nSPS) is 19.9. The van der Waals surface area contributed by atoms with E-state index in [0.29, 0.717) is 0 Å². The van der Waals surface area contributed by atoms with Crippen LogP contribution in [0.5, 0.6) is 0 Å². The van der Waals surface area contributed by atoms with Gasteiger partial charge in [0.1, 0.15) is 0 Å². The fraction of sp³-hybridized carbons (Fsp3) is 0.625. The van der Waals surface area contributed by atoms with Crippen molar-refractivity contribution in [1.29, 1.82) is 0 Å². The van der Waals surface area contributed by atoms with Gasteiger partial charge < -0.3 is 9.80 Å². The standard InChI is InChI=1S/C16H26N2/c1-3-15(13-16-7-5-4-6-8-16)14-18-11-9-17(2)10-12-18/h4-8,15H,3,9-14H2,1-2H3. The molecule has 1 fully saturated rings. The lowest BCUT2D eigenvalue weighted by Crippen LogP contribution is -2.46. The topological polar surface area (TPSA) is 6.48 Å². The molecule has 0 amide bonds. The summed E-state index contributed by atoms with van der Waals surface area (Å²) in [4.78, 5) is 5.06. The maximum Gasteiger partial charge on any atom is 0.0110 e. The number of likely N-dealkylation sites (N-methyl/N-ethyl adjacent to an activating group) is 1. The Bertz CT molecular complexity index is 328. The van der Waals surface area contributed by atoms with Crippen molar-refractivity contribution in [2.75, 3.05) is 39.8 Å². The Labute approximate surface area is 112 Å². The lowest BCUT2D eigenvalue weighted by atomic mass is 9.96. The molecule has 0 bridgehead atoms. The van der Waals surface area contributed by atoms with Gasteiger partial charge in [-0.2, -0.15) is 0 Å². The predicted molar refractivity (Wildman–Crippen MR) is 77.9 cm³/mol. The minimum absolute atomic E-state index is 0.802. The number of nitrogens with zero attached hydrogens (tertiary/aromatic N) is 2. The average Bonchev–Trinajstić information content (AvgIpc) is 2.41. The van der Waals surface area contributed by atoms with E-state index >= 15 is 0 Å². The van der Waals surface area contributed by atoms with Gasteiger partial charge in [-0.25, -0.2) is 0 Å². The molecule has 0 aliphatic carbocycles. The zero-order chi connectivity index (χ0) is 12.8. The fourth-order valence-electron chi connectivity index (χ4n) is 2.68. The number of hydrogen-bond donors (Lipinski definition) is 0. The molecular weight excluding hydrogens is 220 g/mol. The maximum absolute atomic E-state index is 2.64. The molecule has 100 valence electrons. The molecule has 1 unspecified atom stereocenters. The van der Waals surface area contributed by atoms with Crippen LogP contribution in [-0.4, -0.2) is 49.6 Å². The first kappa shape index (κ1) is 13.6. The van der Waals surface area contributed by atoms with E-state index in [1.807, 2.05) is 0 Å². The molecule has 0 N–H and O–H groups in total. The Balaban J connectivity index is 1.82. The van der Waals surface area contributed by atoms with Gasteiger partial charge in [-0.3, -0.25) is 0 Å². The van der Waals surface area contributed by atoms with Gasteiger partial charge in [0.2, 0.25) is 0 Å². The zero-order valence-electron chi connectivity index (χ0n) is 11.8. The van der Waals surface area contributed by atoms with Crippen molar-refractivity contribution < 1.29 is 0 Å². The van der Waals surface area contributed by atoms with Crippen molar-refractivity contribution in [3.8, 4) is 0 Å². The lowest BCUT2D eigenvalue weighted by molar-refractivity contribution is 0.134. The highest BCUT2D eigenvalue weighted by Crippen LogP contribution is 2.14. The van der Waals surface area contributed by atoms with Crippen LogP contribution in [0.15, 0.2) is 30.3 Å². The van der Waals surface area contributed by atoms with Crippen LogP contribution < -0.4 is 0 Å². The molecule has 1 atom stereocenters. The predicted octanol–water partition coefficient (Wildman–Crippen LogP) is 2.50. The van der Waals surface area contributed by atoms with E-state index in [9.17, 15) is 0 Å². The van der Waals surface area contributed by atoms with Gasteiger partial charge in [0.15, 0.2) is 0 Å². The van der Waals surface area contributed by atoms with Crippen LogP contribution >= 0.6 is 0 Å². The number of piperazine rings is 1. The van der Waals surface area contributed by atoms with Crippen LogP contribution in [-0.2, 0) is 6.42 Å². The first-order valence-corrected chi connectivity index (χ1v) is 7.22. The Morgan fingerprint density at radius 2 is 1.72 bits per heavy atom. The smallest absolute Gasteiger partial charge is 0.0110 e. The molecule has 1 aliphatic heterocycles. The molecule has 0 radical (unpaired) electrons. The van der Waals surface area contributed by atoms with Crippen LogP contribution in [0, 0.1) is 5.92 Å². The summed E-state index contributed by atoms with van der Waals surface area (Å²) in [5.74, 6) is 0.802. The second-order valence-corrected chi connectivity index (χ2v) is 5.57. The first-order chi connectivity index (χ1) is 8.78. The Morgan fingerprint density at radius 1 is 1.06 bits per heavy atom. The summed E-state index contributed by atoms with van der Waals surface area (Å²) in [7, 11) is 2.22. The molecule has 18 heavy (non-hydrogen) atoms. The minimum Gasteiger partial charge on any atom is -0.304 e. The second-order valence-electron chi connectivity index (χ2n) is 5.57. The lowest BCUT2D eigenvalue weighted by Gasteiger charge is -2.34. The minimum atomic E-state index is 0.802. The monoisotopic (exact) mass is 246 g/mol. The van der Waals surface area contributed by atoms with Gasteiger partial charge in [0.25, 0.3) is 0 Å². The van der Waals surface area contributed by atoms with Crippen LogP contribution in [0.1, 0.15) is 18.9 Å².